The Balaban J connectivity index is 1.47. The highest BCUT2D eigenvalue weighted by molar-refractivity contribution is 4.72. The van der Waals surface area contributed by atoms with E-state index in [-0.39, 0.29) is 0 Å². The monoisotopic (exact) mass is 224 g/mol. The van der Waals surface area contributed by atoms with Gasteiger partial charge in [0.2, 0.25) is 0 Å². The highest BCUT2D eigenvalue weighted by Crippen LogP contribution is 2.14. The van der Waals surface area contributed by atoms with E-state index in [4.69, 9.17) is 0 Å². The van der Waals surface area contributed by atoms with E-state index in [1.807, 2.05) is 0 Å². The van der Waals surface area contributed by atoms with Crippen LogP contribution in [0.1, 0.15) is 57.8 Å². The van der Waals surface area contributed by atoms with Gasteiger partial charge in [0.25, 0.3) is 0 Å². The van der Waals surface area contributed by atoms with Crippen molar-refractivity contribution in [1.29, 1.82) is 0 Å². The topological polar surface area (TPSA) is 15.3 Å². The van der Waals surface area contributed by atoms with Crippen LogP contribution in [-0.4, -0.2) is 37.1 Å². The fraction of sp³-hybridized carbons (Fsp3) is 1.00. The van der Waals surface area contributed by atoms with Crippen molar-refractivity contribution in [2.24, 2.45) is 0 Å². The maximum absolute atomic E-state index is 3.64. The van der Waals surface area contributed by atoms with Crippen LogP contribution < -0.4 is 5.32 Å². The molecule has 0 saturated carbocycles. The molecule has 0 spiro atoms. The van der Waals surface area contributed by atoms with Crippen LogP contribution in [0, 0.1) is 0 Å². The first-order chi connectivity index (χ1) is 7.95. The molecule has 0 amide bonds. The molecule has 0 aliphatic carbocycles. The molecule has 1 atom stereocenters. The molecular formula is C14H28N2. The van der Waals surface area contributed by atoms with Crippen LogP contribution in [0.3, 0.4) is 0 Å². The standard InChI is InChI=1S/C14H28N2/c1-5-11-16(12-6-1)13-7-3-9-14-8-2-4-10-15-14/h14-15H,1-13H2. The molecule has 94 valence electrons. The number of nitrogens with one attached hydrogen (secondary N) is 1. The van der Waals surface area contributed by atoms with E-state index in [0.29, 0.717) is 0 Å². The molecular weight excluding hydrogens is 196 g/mol. The molecule has 2 fully saturated rings. The smallest absolute Gasteiger partial charge is 0.00670 e. The summed E-state index contributed by atoms with van der Waals surface area (Å²) in [5.41, 5.74) is 0. The Morgan fingerprint density at radius 2 is 1.81 bits per heavy atom. The van der Waals surface area contributed by atoms with Crippen molar-refractivity contribution in [3.63, 3.8) is 0 Å². The Kier molecular flexibility index (Phi) is 5.64. The van der Waals surface area contributed by atoms with Gasteiger partial charge in [-0.3, -0.25) is 0 Å². The second kappa shape index (κ2) is 7.29. The molecule has 0 radical (unpaired) electrons. The van der Waals surface area contributed by atoms with Crippen molar-refractivity contribution in [3.05, 3.63) is 0 Å². The molecule has 2 heterocycles. The zero-order valence-electron chi connectivity index (χ0n) is 10.7. The Morgan fingerprint density at radius 3 is 2.56 bits per heavy atom. The Hall–Kier alpha value is -0.0800. The second-order valence-corrected chi connectivity index (χ2v) is 5.54. The quantitative estimate of drug-likeness (QED) is 0.722. The van der Waals surface area contributed by atoms with Crippen molar-refractivity contribution in [2.45, 2.75) is 63.8 Å². The summed E-state index contributed by atoms with van der Waals surface area (Å²) in [6, 6.07) is 0.843. The zero-order chi connectivity index (χ0) is 11.1. The predicted molar refractivity (Wildman–Crippen MR) is 69.8 cm³/mol. The van der Waals surface area contributed by atoms with Crippen molar-refractivity contribution < 1.29 is 0 Å². The van der Waals surface area contributed by atoms with Gasteiger partial charge in [-0.15, -0.1) is 0 Å². The van der Waals surface area contributed by atoms with Crippen LogP contribution in [0.2, 0.25) is 0 Å². The lowest BCUT2D eigenvalue weighted by Crippen LogP contribution is -2.34. The van der Waals surface area contributed by atoms with E-state index < -0.39 is 0 Å². The van der Waals surface area contributed by atoms with E-state index in [1.54, 1.807) is 0 Å². The van der Waals surface area contributed by atoms with Gasteiger partial charge in [-0.1, -0.05) is 19.3 Å². The summed E-state index contributed by atoms with van der Waals surface area (Å²) in [6.07, 6.45) is 12.8. The van der Waals surface area contributed by atoms with Gasteiger partial charge in [-0.05, 0) is 64.7 Å². The minimum absolute atomic E-state index is 0.843. The fourth-order valence-electron chi connectivity index (χ4n) is 3.08. The maximum Gasteiger partial charge on any atom is 0.00670 e. The molecule has 0 bridgehead atoms. The van der Waals surface area contributed by atoms with Gasteiger partial charge in [0, 0.05) is 6.04 Å². The third-order valence-corrected chi connectivity index (χ3v) is 4.14. The van der Waals surface area contributed by atoms with Gasteiger partial charge in [0.05, 0.1) is 0 Å². The predicted octanol–water partition coefficient (Wildman–Crippen LogP) is 2.78. The molecule has 1 N–H and O–H groups in total. The van der Waals surface area contributed by atoms with E-state index in [2.05, 4.69) is 10.2 Å². The summed E-state index contributed by atoms with van der Waals surface area (Å²) in [6.45, 7) is 5.34. The fourth-order valence-corrected chi connectivity index (χ4v) is 3.08. The Bertz CT molecular complexity index is 150. The van der Waals surface area contributed by atoms with Crippen LogP contribution >= 0.6 is 0 Å². The number of hydrogen-bond donors (Lipinski definition) is 1. The normalized spacial score (nSPS) is 28.1. The highest BCUT2D eigenvalue weighted by Gasteiger charge is 2.12. The highest BCUT2D eigenvalue weighted by atomic mass is 15.1. The summed E-state index contributed by atoms with van der Waals surface area (Å²) in [5.74, 6) is 0. The van der Waals surface area contributed by atoms with Crippen LogP contribution in [0.5, 0.6) is 0 Å². The first-order valence-electron chi connectivity index (χ1n) is 7.41. The molecule has 2 aliphatic rings. The van der Waals surface area contributed by atoms with Crippen molar-refractivity contribution >= 4 is 0 Å². The zero-order valence-corrected chi connectivity index (χ0v) is 10.7. The maximum atomic E-state index is 3.64. The molecule has 2 aliphatic heterocycles. The summed E-state index contributed by atoms with van der Waals surface area (Å²) in [5, 5.41) is 3.64. The summed E-state index contributed by atoms with van der Waals surface area (Å²) >= 11 is 0. The van der Waals surface area contributed by atoms with E-state index >= 15 is 0 Å². The van der Waals surface area contributed by atoms with Gasteiger partial charge >= 0.3 is 0 Å². The second-order valence-electron chi connectivity index (χ2n) is 5.54. The lowest BCUT2D eigenvalue weighted by Gasteiger charge is -2.27. The van der Waals surface area contributed by atoms with Crippen LogP contribution in [0.15, 0.2) is 0 Å². The van der Waals surface area contributed by atoms with Gasteiger partial charge in [0.15, 0.2) is 0 Å². The number of unbranched alkanes of at least 4 members (excludes halogenated alkanes) is 1. The van der Waals surface area contributed by atoms with Gasteiger partial charge in [0.1, 0.15) is 0 Å². The largest absolute Gasteiger partial charge is 0.314 e. The average molecular weight is 224 g/mol. The molecule has 0 aromatic carbocycles. The van der Waals surface area contributed by atoms with Gasteiger partial charge in [-0.2, -0.15) is 0 Å². The molecule has 2 heteroatoms. The number of hydrogen-bond acceptors (Lipinski definition) is 2. The minimum Gasteiger partial charge on any atom is -0.314 e. The number of nitrogens with zero attached hydrogens (tertiary/aromatic N) is 1. The first-order valence-corrected chi connectivity index (χ1v) is 7.41. The SMILES string of the molecule is C1CCN(CCCCC2CCCCN2)CC1. The third kappa shape index (κ3) is 4.42. The van der Waals surface area contributed by atoms with Crippen molar-refractivity contribution in [3.8, 4) is 0 Å². The van der Waals surface area contributed by atoms with E-state index in [0.717, 1.165) is 6.04 Å². The Morgan fingerprint density at radius 1 is 0.938 bits per heavy atom. The lowest BCUT2D eigenvalue weighted by molar-refractivity contribution is 0.222. The van der Waals surface area contributed by atoms with Crippen LogP contribution in [0.4, 0.5) is 0 Å². The molecule has 2 rings (SSSR count). The van der Waals surface area contributed by atoms with Gasteiger partial charge in [-0.25, -0.2) is 0 Å². The molecule has 0 aromatic heterocycles. The average Bonchev–Trinajstić information content (AvgIpc) is 2.37. The minimum atomic E-state index is 0.843. The van der Waals surface area contributed by atoms with Crippen molar-refractivity contribution in [2.75, 3.05) is 26.2 Å². The molecule has 2 nitrogen and oxygen atoms in total. The molecule has 2 saturated heterocycles. The molecule has 1 unspecified atom stereocenters. The Labute approximate surface area is 101 Å². The van der Waals surface area contributed by atoms with Crippen LogP contribution in [0.25, 0.3) is 0 Å². The van der Waals surface area contributed by atoms with E-state index in [9.17, 15) is 0 Å². The molecule has 16 heavy (non-hydrogen) atoms. The van der Waals surface area contributed by atoms with E-state index in [1.165, 1.54) is 84.0 Å². The third-order valence-electron chi connectivity index (χ3n) is 4.14. The summed E-state index contributed by atoms with van der Waals surface area (Å²) in [4.78, 5) is 2.66. The number of rotatable bonds is 5. The summed E-state index contributed by atoms with van der Waals surface area (Å²) < 4.78 is 0. The molecule has 0 aromatic rings. The summed E-state index contributed by atoms with van der Waals surface area (Å²) in [7, 11) is 0. The van der Waals surface area contributed by atoms with Gasteiger partial charge < -0.3 is 10.2 Å². The van der Waals surface area contributed by atoms with Crippen LogP contribution in [-0.2, 0) is 0 Å². The van der Waals surface area contributed by atoms with Crippen molar-refractivity contribution in [1.82, 2.24) is 10.2 Å². The lowest BCUT2D eigenvalue weighted by atomic mass is 9.99. The first kappa shape index (κ1) is 12.4. The number of likely N-dealkylation sites (tertiary alicyclic amines) is 1. The number of piperidine rings is 2.